The van der Waals surface area contributed by atoms with Crippen molar-refractivity contribution in [3.63, 3.8) is 0 Å². The number of methoxy groups -OCH3 is 1. The molecule has 0 amide bonds. The minimum absolute atomic E-state index is 0.127. The van der Waals surface area contributed by atoms with Crippen LogP contribution in [0.15, 0.2) is 0 Å². The molecule has 0 aromatic heterocycles. The SMILES string of the molecule is COC.O=CC1CC(=O)CN1. The molecule has 4 heteroatoms. The van der Waals surface area contributed by atoms with Crippen molar-refractivity contribution in [1.82, 2.24) is 5.32 Å². The van der Waals surface area contributed by atoms with E-state index in [9.17, 15) is 9.59 Å². The summed E-state index contributed by atoms with van der Waals surface area (Å²) in [6.07, 6.45) is 1.15. The van der Waals surface area contributed by atoms with Gasteiger partial charge in [-0.05, 0) is 0 Å². The molecule has 1 rings (SSSR count). The van der Waals surface area contributed by atoms with Gasteiger partial charge in [-0.15, -0.1) is 0 Å². The zero-order valence-corrected chi connectivity index (χ0v) is 6.79. The Kier molecular flexibility index (Phi) is 5.60. The van der Waals surface area contributed by atoms with Crippen LogP contribution in [0.2, 0.25) is 0 Å². The number of carbonyl (C=O) groups is 2. The first-order chi connectivity index (χ1) is 5.24. The summed E-state index contributed by atoms with van der Waals surface area (Å²) in [6, 6.07) is -0.206. The van der Waals surface area contributed by atoms with Gasteiger partial charge in [0, 0.05) is 20.6 Å². The lowest BCUT2D eigenvalue weighted by Gasteiger charge is -1.92. The fraction of sp³-hybridized carbons (Fsp3) is 0.714. The molecular formula is C7H13NO3. The summed E-state index contributed by atoms with van der Waals surface area (Å²) in [7, 11) is 3.25. The number of rotatable bonds is 1. The summed E-state index contributed by atoms with van der Waals surface area (Å²) in [5, 5.41) is 2.74. The van der Waals surface area contributed by atoms with Crippen LogP contribution in [0.1, 0.15) is 6.42 Å². The van der Waals surface area contributed by atoms with E-state index in [1.807, 2.05) is 0 Å². The smallest absolute Gasteiger partial charge is 0.148 e. The largest absolute Gasteiger partial charge is 0.388 e. The molecule has 64 valence electrons. The molecule has 1 heterocycles. The highest BCUT2D eigenvalue weighted by Crippen LogP contribution is 1.96. The summed E-state index contributed by atoms with van der Waals surface area (Å²) in [4.78, 5) is 20.3. The third-order valence-corrected chi connectivity index (χ3v) is 1.17. The Labute approximate surface area is 65.9 Å². The number of hydrogen-bond acceptors (Lipinski definition) is 4. The summed E-state index contributed by atoms with van der Waals surface area (Å²) < 4.78 is 4.25. The predicted octanol–water partition coefficient (Wildman–Crippen LogP) is -0.621. The molecule has 0 radical (unpaired) electrons. The Morgan fingerprint density at radius 2 is 2.18 bits per heavy atom. The molecule has 1 saturated heterocycles. The van der Waals surface area contributed by atoms with E-state index in [0.717, 1.165) is 6.29 Å². The van der Waals surface area contributed by atoms with E-state index in [0.29, 0.717) is 13.0 Å². The normalized spacial score (nSPS) is 22.4. The van der Waals surface area contributed by atoms with Gasteiger partial charge in [0.05, 0.1) is 12.6 Å². The molecule has 1 atom stereocenters. The summed E-state index contributed by atoms with van der Waals surface area (Å²) in [6.45, 7) is 0.364. The molecule has 0 bridgehead atoms. The number of ketones is 1. The van der Waals surface area contributed by atoms with Crippen LogP contribution in [0.5, 0.6) is 0 Å². The summed E-state index contributed by atoms with van der Waals surface area (Å²) in [5.41, 5.74) is 0. The zero-order chi connectivity index (χ0) is 8.69. The number of Topliss-reactive ketones (excluding diaryl/α,β-unsaturated/α-hetero) is 1. The molecule has 0 aromatic carbocycles. The zero-order valence-electron chi connectivity index (χ0n) is 6.79. The Balaban J connectivity index is 0.000000292. The molecule has 0 aromatic rings. The number of nitrogens with one attached hydrogen (secondary N) is 1. The molecule has 1 fully saturated rings. The second-order valence-corrected chi connectivity index (χ2v) is 2.27. The van der Waals surface area contributed by atoms with Crippen LogP contribution in [0.3, 0.4) is 0 Å². The van der Waals surface area contributed by atoms with Crippen molar-refractivity contribution in [2.75, 3.05) is 20.8 Å². The van der Waals surface area contributed by atoms with Crippen LogP contribution in [-0.4, -0.2) is 38.9 Å². The maximum absolute atomic E-state index is 10.4. The van der Waals surface area contributed by atoms with E-state index in [1.54, 1.807) is 14.2 Å². The van der Waals surface area contributed by atoms with Crippen LogP contribution < -0.4 is 5.32 Å². The van der Waals surface area contributed by atoms with Gasteiger partial charge >= 0.3 is 0 Å². The summed E-state index contributed by atoms with van der Waals surface area (Å²) in [5.74, 6) is 0.127. The quantitative estimate of drug-likeness (QED) is 0.518. The van der Waals surface area contributed by atoms with Gasteiger partial charge in [0.25, 0.3) is 0 Å². The van der Waals surface area contributed by atoms with Crippen LogP contribution in [-0.2, 0) is 14.3 Å². The number of hydrogen-bond donors (Lipinski definition) is 1. The molecule has 1 N–H and O–H groups in total. The molecular weight excluding hydrogens is 146 g/mol. The third-order valence-electron chi connectivity index (χ3n) is 1.17. The average Bonchev–Trinajstić information content (AvgIpc) is 2.37. The van der Waals surface area contributed by atoms with E-state index in [4.69, 9.17) is 0 Å². The molecule has 1 unspecified atom stereocenters. The molecule has 1 aliphatic rings. The Bertz CT molecular complexity index is 136. The number of aldehydes is 1. The van der Waals surface area contributed by atoms with Crippen molar-refractivity contribution in [2.45, 2.75) is 12.5 Å². The van der Waals surface area contributed by atoms with Crippen molar-refractivity contribution in [2.24, 2.45) is 0 Å². The highest BCUT2D eigenvalue weighted by Gasteiger charge is 2.19. The van der Waals surface area contributed by atoms with Crippen molar-refractivity contribution in [3.8, 4) is 0 Å². The molecule has 0 aliphatic carbocycles. The maximum Gasteiger partial charge on any atom is 0.148 e. The standard InChI is InChI=1S/C5H7NO2.C2H6O/c7-3-4-1-5(8)2-6-4;1-3-2/h3-4,6H,1-2H2;1-2H3. The molecule has 0 spiro atoms. The first-order valence-electron chi connectivity index (χ1n) is 3.35. The fourth-order valence-corrected chi connectivity index (χ4v) is 0.731. The maximum atomic E-state index is 10.4. The van der Waals surface area contributed by atoms with Crippen LogP contribution in [0, 0.1) is 0 Å². The average molecular weight is 159 g/mol. The van der Waals surface area contributed by atoms with E-state index >= 15 is 0 Å². The van der Waals surface area contributed by atoms with Crippen molar-refractivity contribution >= 4 is 12.1 Å². The van der Waals surface area contributed by atoms with Gasteiger partial charge in [-0.3, -0.25) is 4.79 Å². The number of carbonyl (C=O) groups excluding carboxylic acids is 2. The Morgan fingerprint density at radius 3 is 2.36 bits per heavy atom. The van der Waals surface area contributed by atoms with E-state index in [-0.39, 0.29) is 11.8 Å². The molecule has 4 nitrogen and oxygen atoms in total. The van der Waals surface area contributed by atoms with Crippen LogP contribution in [0.4, 0.5) is 0 Å². The van der Waals surface area contributed by atoms with Gasteiger partial charge < -0.3 is 14.8 Å². The number of ether oxygens (including phenoxy) is 1. The monoisotopic (exact) mass is 159 g/mol. The van der Waals surface area contributed by atoms with Gasteiger partial charge in [0.15, 0.2) is 0 Å². The predicted molar refractivity (Wildman–Crippen MR) is 40.4 cm³/mol. The van der Waals surface area contributed by atoms with E-state index in [1.165, 1.54) is 0 Å². The third kappa shape index (κ3) is 4.64. The van der Waals surface area contributed by atoms with Gasteiger partial charge in [-0.2, -0.15) is 0 Å². The van der Waals surface area contributed by atoms with Crippen molar-refractivity contribution in [3.05, 3.63) is 0 Å². The summed E-state index contributed by atoms with van der Waals surface area (Å²) >= 11 is 0. The first-order valence-corrected chi connectivity index (χ1v) is 3.35. The molecule has 11 heavy (non-hydrogen) atoms. The lowest BCUT2D eigenvalue weighted by atomic mass is 10.2. The Hall–Kier alpha value is -0.740. The molecule has 1 aliphatic heterocycles. The second kappa shape index (κ2) is 6.00. The minimum atomic E-state index is -0.206. The lowest BCUT2D eigenvalue weighted by molar-refractivity contribution is -0.117. The second-order valence-electron chi connectivity index (χ2n) is 2.27. The first kappa shape index (κ1) is 10.3. The van der Waals surface area contributed by atoms with Gasteiger partial charge in [0.2, 0.25) is 0 Å². The highest BCUT2D eigenvalue weighted by atomic mass is 16.4. The van der Waals surface area contributed by atoms with Gasteiger partial charge in [0.1, 0.15) is 12.1 Å². The lowest BCUT2D eigenvalue weighted by Crippen LogP contribution is -2.22. The van der Waals surface area contributed by atoms with Gasteiger partial charge in [-0.1, -0.05) is 0 Å². The van der Waals surface area contributed by atoms with E-state index in [2.05, 4.69) is 10.1 Å². The highest BCUT2D eigenvalue weighted by molar-refractivity contribution is 5.87. The molecule has 0 saturated carbocycles. The topological polar surface area (TPSA) is 55.4 Å². The van der Waals surface area contributed by atoms with Crippen molar-refractivity contribution < 1.29 is 14.3 Å². The fourth-order valence-electron chi connectivity index (χ4n) is 0.731. The minimum Gasteiger partial charge on any atom is -0.388 e. The van der Waals surface area contributed by atoms with Gasteiger partial charge in [-0.25, -0.2) is 0 Å². The van der Waals surface area contributed by atoms with E-state index < -0.39 is 0 Å². The Morgan fingerprint density at radius 1 is 1.64 bits per heavy atom. The van der Waals surface area contributed by atoms with Crippen LogP contribution >= 0.6 is 0 Å². The van der Waals surface area contributed by atoms with Crippen molar-refractivity contribution in [1.29, 1.82) is 0 Å². The van der Waals surface area contributed by atoms with Crippen LogP contribution in [0.25, 0.3) is 0 Å².